The molecule has 0 amide bonds. The van der Waals surface area contributed by atoms with E-state index in [0.717, 1.165) is 10.8 Å². The SMILES string of the molecule is O[Si]1NC=Cc2cc3ccccc3cc21. The van der Waals surface area contributed by atoms with Crippen LogP contribution in [0.2, 0.25) is 0 Å². The Kier molecular flexibility index (Phi) is 1.87. The lowest BCUT2D eigenvalue weighted by atomic mass is 10.1. The molecule has 3 heteroatoms. The Morgan fingerprint density at radius 2 is 1.80 bits per heavy atom. The van der Waals surface area contributed by atoms with Crippen LogP contribution in [0.15, 0.2) is 42.6 Å². The van der Waals surface area contributed by atoms with Gasteiger partial charge >= 0.3 is 9.20 Å². The summed E-state index contributed by atoms with van der Waals surface area (Å²) < 4.78 is 0. The fourth-order valence-electron chi connectivity index (χ4n) is 1.89. The maximum absolute atomic E-state index is 9.86. The van der Waals surface area contributed by atoms with Crippen molar-refractivity contribution < 1.29 is 4.80 Å². The fraction of sp³-hybridized carbons (Fsp3) is 0. The predicted octanol–water partition coefficient (Wildman–Crippen LogP) is 1.10. The van der Waals surface area contributed by atoms with Gasteiger partial charge in [0.15, 0.2) is 0 Å². The maximum atomic E-state index is 9.86. The molecule has 15 heavy (non-hydrogen) atoms. The van der Waals surface area contributed by atoms with Crippen molar-refractivity contribution in [1.82, 2.24) is 4.98 Å². The molecule has 0 bridgehead atoms. The molecule has 1 heterocycles. The van der Waals surface area contributed by atoms with Gasteiger partial charge in [-0.15, -0.1) is 0 Å². The number of rotatable bonds is 0. The minimum atomic E-state index is -1.58. The van der Waals surface area contributed by atoms with Crippen LogP contribution in [0.4, 0.5) is 0 Å². The normalized spacial score (nSPS) is 15.0. The third kappa shape index (κ3) is 1.37. The predicted molar refractivity (Wildman–Crippen MR) is 63.7 cm³/mol. The molecule has 2 nitrogen and oxygen atoms in total. The molecule has 0 fully saturated rings. The Balaban J connectivity index is 2.33. The molecule has 2 aromatic carbocycles. The van der Waals surface area contributed by atoms with Crippen LogP contribution in [0.1, 0.15) is 5.56 Å². The molecule has 2 N–H and O–H groups in total. The molecule has 1 aliphatic heterocycles. The van der Waals surface area contributed by atoms with Crippen molar-refractivity contribution >= 4 is 31.2 Å². The van der Waals surface area contributed by atoms with Gasteiger partial charge < -0.3 is 9.78 Å². The van der Waals surface area contributed by atoms with Gasteiger partial charge in [-0.25, -0.2) is 0 Å². The van der Waals surface area contributed by atoms with Gasteiger partial charge in [0, 0.05) is 0 Å². The highest BCUT2D eigenvalue weighted by atomic mass is 28.3. The van der Waals surface area contributed by atoms with Gasteiger partial charge in [-0.3, -0.25) is 0 Å². The van der Waals surface area contributed by atoms with Crippen LogP contribution >= 0.6 is 0 Å². The van der Waals surface area contributed by atoms with Gasteiger partial charge in [-0.2, -0.15) is 0 Å². The highest BCUT2D eigenvalue weighted by Gasteiger charge is 2.18. The zero-order valence-corrected chi connectivity index (χ0v) is 9.07. The van der Waals surface area contributed by atoms with Crippen molar-refractivity contribution in [2.45, 2.75) is 0 Å². The molecule has 3 rings (SSSR count). The molecule has 0 saturated carbocycles. The highest BCUT2D eigenvalue weighted by Crippen LogP contribution is 2.16. The maximum Gasteiger partial charge on any atom is 0.373 e. The average molecular weight is 212 g/mol. The summed E-state index contributed by atoms with van der Waals surface area (Å²) in [4.78, 5) is 12.8. The first-order valence-corrected chi connectivity index (χ1v) is 6.31. The minimum absolute atomic E-state index is 1.04. The number of benzene rings is 2. The van der Waals surface area contributed by atoms with Crippen molar-refractivity contribution in [3.05, 3.63) is 48.2 Å². The Labute approximate surface area is 89.7 Å². The molecule has 2 aromatic rings. The van der Waals surface area contributed by atoms with E-state index in [9.17, 15) is 4.80 Å². The average Bonchev–Trinajstić information content (AvgIpc) is 2.27. The summed E-state index contributed by atoms with van der Waals surface area (Å²) >= 11 is 0. The molecule has 0 saturated heterocycles. The smallest absolute Gasteiger partial charge is 0.373 e. The summed E-state index contributed by atoms with van der Waals surface area (Å²) in [5.41, 5.74) is 1.13. The number of nitrogens with one attached hydrogen (secondary N) is 1. The number of hydrogen-bond donors (Lipinski definition) is 2. The van der Waals surface area contributed by atoms with Crippen LogP contribution in [0, 0.1) is 0 Å². The third-order valence-electron chi connectivity index (χ3n) is 2.66. The molecule has 0 aromatic heterocycles. The van der Waals surface area contributed by atoms with E-state index in [1.165, 1.54) is 10.8 Å². The summed E-state index contributed by atoms with van der Waals surface area (Å²) in [6.45, 7) is 0. The monoisotopic (exact) mass is 212 g/mol. The van der Waals surface area contributed by atoms with Crippen LogP contribution in [0.25, 0.3) is 16.8 Å². The zero-order chi connectivity index (χ0) is 10.3. The first kappa shape index (κ1) is 8.70. The van der Waals surface area contributed by atoms with Gasteiger partial charge in [0.05, 0.1) is 0 Å². The molecule has 0 aliphatic carbocycles. The van der Waals surface area contributed by atoms with Crippen molar-refractivity contribution in [3.63, 3.8) is 0 Å². The first-order valence-electron chi connectivity index (χ1n) is 4.87. The van der Waals surface area contributed by atoms with Crippen molar-refractivity contribution in [2.75, 3.05) is 0 Å². The summed E-state index contributed by atoms with van der Waals surface area (Å²) in [7, 11) is -1.58. The number of fused-ring (bicyclic) bond motifs is 2. The van der Waals surface area contributed by atoms with Gasteiger partial charge in [0.2, 0.25) is 0 Å². The quantitative estimate of drug-likeness (QED) is 0.641. The first-order chi connectivity index (χ1) is 7.34. The molecular formula is C12H10NOSi. The summed E-state index contributed by atoms with van der Waals surface area (Å²) in [5, 5.41) is 3.45. The van der Waals surface area contributed by atoms with E-state index in [-0.39, 0.29) is 0 Å². The van der Waals surface area contributed by atoms with Gasteiger partial charge in [0.1, 0.15) is 0 Å². The third-order valence-corrected chi connectivity index (χ3v) is 4.04. The second-order valence-corrected chi connectivity index (χ2v) is 5.14. The molecule has 73 valence electrons. The van der Waals surface area contributed by atoms with E-state index >= 15 is 0 Å². The van der Waals surface area contributed by atoms with Crippen LogP contribution < -0.4 is 10.2 Å². The lowest BCUT2D eigenvalue weighted by Gasteiger charge is -2.16. The topological polar surface area (TPSA) is 32.3 Å². The minimum Gasteiger partial charge on any atom is -0.411 e. The van der Waals surface area contributed by atoms with E-state index in [1.54, 1.807) is 0 Å². The van der Waals surface area contributed by atoms with Gasteiger partial charge in [-0.05, 0) is 39.9 Å². The van der Waals surface area contributed by atoms with Crippen molar-refractivity contribution in [2.24, 2.45) is 0 Å². The second kappa shape index (κ2) is 3.22. The lowest BCUT2D eigenvalue weighted by molar-refractivity contribution is 0.575. The molecule has 1 aliphatic rings. The molecule has 0 unspecified atom stereocenters. The van der Waals surface area contributed by atoms with E-state index < -0.39 is 9.20 Å². The fourth-order valence-corrected chi connectivity index (χ4v) is 3.01. The summed E-state index contributed by atoms with van der Waals surface area (Å²) in [6, 6.07) is 12.4. The summed E-state index contributed by atoms with van der Waals surface area (Å²) in [6.07, 6.45) is 3.83. The van der Waals surface area contributed by atoms with Crippen molar-refractivity contribution in [3.8, 4) is 0 Å². The van der Waals surface area contributed by atoms with Gasteiger partial charge in [0.25, 0.3) is 0 Å². The number of hydrogen-bond acceptors (Lipinski definition) is 2. The van der Waals surface area contributed by atoms with Crippen LogP contribution in [-0.2, 0) is 0 Å². The van der Waals surface area contributed by atoms with E-state index in [2.05, 4.69) is 29.2 Å². The Morgan fingerprint density at radius 3 is 2.60 bits per heavy atom. The molecule has 0 spiro atoms. The van der Waals surface area contributed by atoms with Crippen molar-refractivity contribution in [1.29, 1.82) is 0 Å². The summed E-state index contributed by atoms with van der Waals surface area (Å²) in [5.74, 6) is 0. The standard InChI is InChI=1S/C12H10NOSi/c14-15-12-8-10-4-2-1-3-9(10)7-11(12)5-6-13-15/h1-8,13-14H. The second-order valence-electron chi connectivity index (χ2n) is 3.61. The van der Waals surface area contributed by atoms with E-state index in [4.69, 9.17) is 0 Å². The Hall–Kier alpha value is -1.58. The van der Waals surface area contributed by atoms with Crippen LogP contribution in [0.3, 0.4) is 0 Å². The largest absolute Gasteiger partial charge is 0.411 e. The van der Waals surface area contributed by atoms with Crippen LogP contribution in [-0.4, -0.2) is 14.0 Å². The Morgan fingerprint density at radius 1 is 1.07 bits per heavy atom. The molecule has 0 atom stereocenters. The highest BCUT2D eigenvalue weighted by molar-refractivity contribution is 6.65. The van der Waals surface area contributed by atoms with Gasteiger partial charge in [-0.1, -0.05) is 30.3 Å². The molecular weight excluding hydrogens is 202 g/mol. The van der Waals surface area contributed by atoms with E-state index in [1.807, 2.05) is 24.4 Å². The zero-order valence-electron chi connectivity index (χ0n) is 8.07. The van der Waals surface area contributed by atoms with E-state index in [0.29, 0.717) is 0 Å². The Bertz CT molecular complexity index is 550. The lowest BCUT2D eigenvalue weighted by Crippen LogP contribution is -2.45. The van der Waals surface area contributed by atoms with Crippen LogP contribution in [0.5, 0.6) is 0 Å². The molecule has 1 radical (unpaired) electrons.